The van der Waals surface area contributed by atoms with Gasteiger partial charge in [-0.15, -0.1) is 0 Å². The molecule has 0 aliphatic heterocycles. The molecule has 0 bridgehead atoms. The summed E-state index contributed by atoms with van der Waals surface area (Å²) in [6, 6.07) is 7.52. The van der Waals surface area contributed by atoms with Gasteiger partial charge in [0, 0.05) is 12.0 Å². The van der Waals surface area contributed by atoms with E-state index in [9.17, 15) is 4.79 Å². The minimum atomic E-state index is 0.0317. The molecule has 0 saturated heterocycles. The molecule has 0 aliphatic carbocycles. The molecule has 1 aromatic rings. The van der Waals surface area contributed by atoms with Crippen LogP contribution in [-0.4, -0.2) is 5.78 Å². The Morgan fingerprint density at radius 2 is 2.14 bits per heavy atom. The number of benzene rings is 1. The van der Waals surface area contributed by atoms with Crippen molar-refractivity contribution in [3.05, 3.63) is 34.9 Å². The lowest BCUT2D eigenvalue weighted by Gasteiger charge is -2.03. The molecule has 1 aromatic carbocycles. The van der Waals surface area contributed by atoms with Gasteiger partial charge < -0.3 is 0 Å². The van der Waals surface area contributed by atoms with Gasteiger partial charge in [-0.3, -0.25) is 4.79 Å². The minimum absolute atomic E-state index is 0.0317. The monoisotopic (exact) mass is 187 g/mol. The van der Waals surface area contributed by atoms with Crippen LogP contribution >= 0.6 is 0 Å². The standard InChI is InChI=1S/C12H13NO/c1-3-9-5-6-11(12(14)4-2)10(7-9)8-13/h5-7H,3-4H2,1-2H3. The molecule has 2 heteroatoms. The molecule has 0 unspecified atom stereocenters. The molecule has 0 heterocycles. The Balaban J connectivity index is 3.20. The summed E-state index contributed by atoms with van der Waals surface area (Å²) in [7, 11) is 0. The van der Waals surface area contributed by atoms with Gasteiger partial charge in [-0.25, -0.2) is 0 Å². The quantitative estimate of drug-likeness (QED) is 0.682. The number of nitrogens with zero attached hydrogens (tertiary/aromatic N) is 1. The number of aryl methyl sites for hydroxylation is 1. The molecule has 0 radical (unpaired) electrons. The lowest BCUT2D eigenvalue weighted by atomic mass is 9.99. The second-order valence-corrected chi connectivity index (χ2v) is 3.12. The van der Waals surface area contributed by atoms with Crippen molar-refractivity contribution in [1.82, 2.24) is 0 Å². The number of ketones is 1. The Hall–Kier alpha value is -1.62. The highest BCUT2D eigenvalue weighted by Crippen LogP contribution is 2.13. The van der Waals surface area contributed by atoms with Crippen LogP contribution < -0.4 is 0 Å². The molecule has 0 amide bonds. The molecule has 0 fully saturated rings. The third-order valence-corrected chi connectivity index (χ3v) is 2.23. The van der Waals surface area contributed by atoms with Gasteiger partial charge in [-0.05, 0) is 24.1 Å². The van der Waals surface area contributed by atoms with Gasteiger partial charge in [0.2, 0.25) is 0 Å². The van der Waals surface area contributed by atoms with Crippen LogP contribution in [-0.2, 0) is 6.42 Å². The van der Waals surface area contributed by atoms with Crippen molar-refractivity contribution in [3.63, 3.8) is 0 Å². The third kappa shape index (κ3) is 2.00. The van der Waals surface area contributed by atoms with E-state index in [1.165, 1.54) is 0 Å². The van der Waals surface area contributed by atoms with E-state index in [0.717, 1.165) is 12.0 Å². The summed E-state index contributed by atoms with van der Waals surface area (Å²) in [4.78, 5) is 11.4. The highest BCUT2D eigenvalue weighted by atomic mass is 16.1. The first-order valence-electron chi connectivity index (χ1n) is 4.79. The van der Waals surface area contributed by atoms with E-state index in [1.54, 1.807) is 19.1 Å². The van der Waals surface area contributed by atoms with Crippen molar-refractivity contribution in [2.45, 2.75) is 26.7 Å². The van der Waals surface area contributed by atoms with Crippen molar-refractivity contribution < 1.29 is 4.79 Å². The van der Waals surface area contributed by atoms with Gasteiger partial charge in [0.05, 0.1) is 11.6 Å². The number of carbonyl (C=O) groups is 1. The summed E-state index contributed by atoms with van der Waals surface area (Å²) in [5.74, 6) is 0.0317. The van der Waals surface area contributed by atoms with Crippen LogP contribution in [0.15, 0.2) is 18.2 Å². The average Bonchev–Trinajstić information content (AvgIpc) is 2.27. The van der Waals surface area contributed by atoms with E-state index in [-0.39, 0.29) is 5.78 Å². The van der Waals surface area contributed by atoms with Crippen LogP contribution in [0.5, 0.6) is 0 Å². The molecule has 2 nitrogen and oxygen atoms in total. The van der Waals surface area contributed by atoms with E-state index >= 15 is 0 Å². The van der Waals surface area contributed by atoms with Crippen molar-refractivity contribution in [3.8, 4) is 6.07 Å². The zero-order valence-corrected chi connectivity index (χ0v) is 8.50. The first kappa shape index (κ1) is 10.5. The van der Waals surface area contributed by atoms with Gasteiger partial charge >= 0.3 is 0 Å². The van der Waals surface area contributed by atoms with Gasteiger partial charge in [0.25, 0.3) is 0 Å². The van der Waals surface area contributed by atoms with Crippen LogP contribution in [0, 0.1) is 11.3 Å². The maximum absolute atomic E-state index is 11.4. The Morgan fingerprint density at radius 3 is 2.64 bits per heavy atom. The Bertz CT molecular complexity index is 388. The van der Waals surface area contributed by atoms with Crippen LogP contribution in [0.4, 0.5) is 0 Å². The second kappa shape index (κ2) is 4.57. The smallest absolute Gasteiger partial charge is 0.163 e. The van der Waals surface area contributed by atoms with Gasteiger partial charge in [0.1, 0.15) is 0 Å². The highest BCUT2D eigenvalue weighted by molar-refractivity contribution is 5.98. The summed E-state index contributed by atoms with van der Waals surface area (Å²) in [6.07, 6.45) is 1.33. The Kier molecular flexibility index (Phi) is 3.41. The van der Waals surface area contributed by atoms with E-state index < -0.39 is 0 Å². The molecule has 72 valence electrons. The number of nitriles is 1. The first-order chi connectivity index (χ1) is 6.72. The molecule has 0 spiro atoms. The topological polar surface area (TPSA) is 40.9 Å². The lowest BCUT2D eigenvalue weighted by Crippen LogP contribution is -2.00. The molecule has 1 rings (SSSR count). The molecule has 0 saturated carbocycles. The summed E-state index contributed by atoms with van der Waals surface area (Å²) in [5.41, 5.74) is 2.14. The molecule has 14 heavy (non-hydrogen) atoms. The van der Waals surface area contributed by atoms with Crippen LogP contribution in [0.1, 0.15) is 41.8 Å². The molecule has 0 aromatic heterocycles. The van der Waals surface area contributed by atoms with E-state index in [0.29, 0.717) is 17.5 Å². The third-order valence-electron chi connectivity index (χ3n) is 2.23. The summed E-state index contributed by atoms with van der Waals surface area (Å²) in [5, 5.41) is 8.88. The minimum Gasteiger partial charge on any atom is -0.294 e. The van der Waals surface area contributed by atoms with Crippen molar-refractivity contribution in [2.75, 3.05) is 0 Å². The number of carbonyl (C=O) groups excluding carboxylic acids is 1. The van der Waals surface area contributed by atoms with Crippen LogP contribution in [0.3, 0.4) is 0 Å². The second-order valence-electron chi connectivity index (χ2n) is 3.12. The molecule has 0 N–H and O–H groups in total. The zero-order valence-electron chi connectivity index (χ0n) is 8.50. The lowest BCUT2D eigenvalue weighted by molar-refractivity contribution is 0.0988. The Morgan fingerprint density at radius 1 is 1.43 bits per heavy atom. The predicted molar refractivity (Wildman–Crippen MR) is 55.2 cm³/mol. The fourth-order valence-electron chi connectivity index (χ4n) is 1.34. The van der Waals surface area contributed by atoms with Gasteiger partial charge in [0.15, 0.2) is 5.78 Å². The van der Waals surface area contributed by atoms with Crippen molar-refractivity contribution in [2.24, 2.45) is 0 Å². The van der Waals surface area contributed by atoms with Crippen molar-refractivity contribution in [1.29, 1.82) is 5.26 Å². The SMILES string of the molecule is CCC(=O)c1ccc(CC)cc1C#N. The number of hydrogen-bond donors (Lipinski definition) is 0. The summed E-state index contributed by atoms with van der Waals surface area (Å²) >= 11 is 0. The fraction of sp³-hybridized carbons (Fsp3) is 0.333. The van der Waals surface area contributed by atoms with Gasteiger partial charge in [-0.1, -0.05) is 19.9 Å². The predicted octanol–water partition coefficient (Wildman–Crippen LogP) is 2.71. The fourth-order valence-corrected chi connectivity index (χ4v) is 1.34. The van der Waals surface area contributed by atoms with Crippen molar-refractivity contribution >= 4 is 5.78 Å². The number of rotatable bonds is 3. The zero-order chi connectivity index (χ0) is 10.6. The van der Waals surface area contributed by atoms with E-state index in [4.69, 9.17) is 5.26 Å². The highest BCUT2D eigenvalue weighted by Gasteiger charge is 2.09. The molecule has 0 aliphatic rings. The summed E-state index contributed by atoms with van der Waals surface area (Å²) < 4.78 is 0. The Labute approximate surface area is 84.2 Å². The average molecular weight is 187 g/mol. The first-order valence-corrected chi connectivity index (χ1v) is 4.79. The number of Topliss-reactive ketones (excluding diaryl/α,β-unsaturated/α-hetero) is 1. The maximum atomic E-state index is 11.4. The molecular weight excluding hydrogens is 174 g/mol. The summed E-state index contributed by atoms with van der Waals surface area (Å²) in [6.45, 7) is 3.83. The molecule has 0 atom stereocenters. The van der Waals surface area contributed by atoms with E-state index in [1.807, 2.05) is 13.0 Å². The van der Waals surface area contributed by atoms with E-state index in [2.05, 4.69) is 6.07 Å². The molecular formula is C12H13NO. The maximum Gasteiger partial charge on any atom is 0.163 e. The number of hydrogen-bond acceptors (Lipinski definition) is 2. The normalized spacial score (nSPS) is 9.50. The van der Waals surface area contributed by atoms with Crippen LogP contribution in [0.2, 0.25) is 0 Å². The van der Waals surface area contributed by atoms with Gasteiger partial charge in [-0.2, -0.15) is 5.26 Å². The van der Waals surface area contributed by atoms with Crippen LogP contribution in [0.25, 0.3) is 0 Å². The largest absolute Gasteiger partial charge is 0.294 e.